The van der Waals surface area contributed by atoms with E-state index in [0.29, 0.717) is 24.2 Å². The van der Waals surface area contributed by atoms with Gasteiger partial charge in [0.05, 0.1) is 12.7 Å². The quantitative estimate of drug-likeness (QED) is 0.783. The number of aliphatic hydroxyl groups excluding tert-OH is 2. The molecule has 4 aliphatic carbocycles. The van der Waals surface area contributed by atoms with E-state index in [-0.39, 0.29) is 29.3 Å². The predicted molar refractivity (Wildman–Crippen MR) is 84.1 cm³/mol. The summed E-state index contributed by atoms with van der Waals surface area (Å²) in [5.74, 6) is 1.97. The molecule has 0 aliphatic heterocycles. The highest BCUT2D eigenvalue weighted by Gasteiger charge is 2.59. The van der Waals surface area contributed by atoms with E-state index >= 15 is 0 Å². The molecule has 0 aromatic heterocycles. The van der Waals surface area contributed by atoms with E-state index < -0.39 is 0 Å². The molecule has 2 N–H and O–H groups in total. The van der Waals surface area contributed by atoms with Crippen molar-refractivity contribution in [3.8, 4) is 0 Å². The molecular weight excluding hydrogens is 276 g/mol. The van der Waals surface area contributed by atoms with Gasteiger partial charge in [0, 0.05) is 11.8 Å². The fourth-order valence-electron chi connectivity index (χ4n) is 6.63. The van der Waals surface area contributed by atoms with Gasteiger partial charge in [-0.25, -0.2) is 0 Å². The molecule has 22 heavy (non-hydrogen) atoms. The molecule has 4 rings (SSSR count). The smallest absolute Gasteiger partial charge is 0.155 e. The van der Waals surface area contributed by atoms with Crippen molar-refractivity contribution >= 4 is 5.78 Å². The third-order valence-corrected chi connectivity index (χ3v) is 7.92. The molecule has 3 heteroatoms. The Morgan fingerprint density at radius 3 is 2.73 bits per heavy atom. The van der Waals surface area contributed by atoms with Gasteiger partial charge in [0.1, 0.15) is 0 Å². The summed E-state index contributed by atoms with van der Waals surface area (Å²) in [5, 5.41) is 20.7. The number of fused-ring (bicyclic) bond motifs is 5. The Kier molecular flexibility index (Phi) is 3.32. The minimum Gasteiger partial charge on any atom is -0.395 e. The highest BCUT2D eigenvalue weighted by Crippen LogP contribution is 2.65. The van der Waals surface area contributed by atoms with Crippen LogP contribution in [0.1, 0.15) is 58.3 Å². The van der Waals surface area contributed by atoms with Crippen LogP contribution < -0.4 is 0 Å². The Morgan fingerprint density at radius 2 is 1.95 bits per heavy atom. The first-order valence-electron chi connectivity index (χ1n) is 9.04. The van der Waals surface area contributed by atoms with Crippen molar-refractivity contribution < 1.29 is 15.0 Å². The summed E-state index contributed by atoms with van der Waals surface area (Å²) in [6, 6.07) is 0. The molecule has 6 atom stereocenters. The van der Waals surface area contributed by atoms with Crippen molar-refractivity contribution in [1.29, 1.82) is 0 Å². The Labute approximate surface area is 132 Å². The van der Waals surface area contributed by atoms with Gasteiger partial charge in [-0.1, -0.05) is 12.5 Å². The Morgan fingerprint density at radius 1 is 1.14 bits per heavy atom. The Balaban J connectivity index is 1.71. The molecule has 0 bridgehead atoms. The lowest BCUT2D eigenvalue weighted by Crippen LogP contribution is -2.53. The first kappa shape index (κ1) is 14.9. The lowest BCUT2D eigenvalue weighted by molar-refractivity contribution is -0.120. The van der Waals surface area contributed by atoms with E-state index in [4.69, 9.17) is 0 Å². The second-order valence-electron chi connectivity index (χ2n) is 8.50. The van der Waals surface area contributed by atoms with Crippen LogP contribution >= 0.6 is 0 Å². The maximum atomic E-state index is 11.8. The summed E-state index contributed by atoms with van der Waals surface area (Å²) in [6.45, 7) is 2.48. The number of carbonyl (C=O) groups excluding carboxylic acids is 1. The highest BCUT2D eigenvalue weighted by atomic mass is 16.3. The van der Waals surface area contributed by atoms with Gasteiger partial charge in [-0.3, -0.25) is 4.79 Å². The molecule has 122 valence electrons. The van der Waals surface area contributed by atoms with Crippen molar-refractivity contribution in [3.63, 3.8) is 0 Å². The second-order valence-corrected chi connectivity index (χ2v) is 8.50. The Bertz CT molecular complexity index is 525. The van der Waals surface area contributed by atoms with Gasteiger partial charge in [0.25, 0.3) is 0 Å². The molecular formula is C19H28O3. The topological polar surface area (TPSA) is 57.5 Å². The summed E-state index contributed by atoms with van der Waals surface area (Å²) in [7, 11) is 0. The van der Waals surface area contributed by atoms with Crippen LogP contribution in [-0.2, 0) is 4.79 Å². The van der Waals surface area contributed by atoms with E-state index in [1.165, 1.54) is 5.57 Å². The number of rotatable bonds is 1. The first-order valence-corrected chi connectivity index (χ1v) is 9.04. The molecule has 0 aromatic rings. The molecule has 0 spiro atoms. The van der Waals surface area contributed by atoms with Crippen LogP contribution in [0.5, 0.6) is 0 Å². The molecule has 0 heterocycles. The van der Waals surface area contributed by atoms with Crippen LogP contribution in [0, 0.1) is 28.6 Å². The van der Waals surface area contributed by atoms with Gasteiger partial charge in [-0.15, -0.1) is 0 Å². The fraction of sp³-hybridized carbons (Fsp3) is 0.842. The van der Waals surface area contributed by atoms with Crippen molar-refractivity contribution in [2.24, 2.45) is 28.6 Å². The number of ketones is 1. The summed E-state index contributed by atoms with van der Waals surface area (Å²) >= 11 is 0. The molecule has 3 fully saturated rings. The van der Waals surface area contributed by atoms with E-state index in [2.05, 4.69) is 6.92 Å². The molecule has 0 saturated heterocycles. The van der Waals surface area contributed by atoms with Crippen molar-refractivity contribution in [2.75, 3.05) is 6.61 Å². The average Bonchev–Trinajstić information content (AvgIpc) is 2.82. The second kappa shape index (κ2) is 4.91. The number of hydrogen-bond acceptors (Lipinski definition) is 3. The summed E-state index contributed by atoms with van der Waals surface area (Å²) in [4.78, 5) is 11.8. The molecule has 3 nitrogen and oxygen atoms in total. The summed E-state index contributed by atoms with van der Waals surface area (Å²) in [5.41, 5.74) is 1.18. The third kappa shape index (κ3) is 1.78. The Hall–Kier alpha value is -0.670. The maximum Gasteiger partial charge on any atom is 0.155 e. The first-order chi connectivity index (χ1) is 10.5. The van der Waals surface area contributed by atoms with Gasteiger partial charge in [-0.2, -0.15) is 0 Å². The molecule has 0 aromatic carbocycles. The van der Waals surface area contributed by atoms with Crippen LogP contribution in [-0.4, -0.2) is 28.7 Å². The van der Waals surface area contributed by atoms with Gasteiger partial charge in [0.15, 0.2) is 5.78 Å². The molecule has 4 aliphatic rings. The zero-order valence-electron chi connectivity index (χ0n) is 13.6. The lowest BCUT2D eigenvalue weighted by atomic mass is 9.47. The molecule has 0 amide bonds. The zero-order chi connectivity index (χ0) is 15.5. The van der Waals surface area contributed by atoms with E-state index in [1.807, 2.05) is 6.08 Å². The van der Waals surface area contributed by atoms with E-state index in [0.717, 1.165) is 44.9 Å². The SMILES string of the molecule is C[C@]12CC[C@@H]3[C@@H](CCC4=CC(=O)CC[C@@]43CO)[C@@H]1CCC2O. The minimum atomic E-state index is -0.145. The largest absolute Gasteiger partial charge is 0.395 e. The average molecular weight is 304 g/mol. The monoisotopic (exact) mass is 304 g/mol. The van der Waals surface area contributed by atoms with Crippen LogP contribution in [0.25, 0.3) is 0 Å². The van der Waals surface area contributed by atoms with Crippen molar-refractivity contribution in [1.82, 2.24) is 0 Å². The number of carbonyl (C=O) groups is 1. The van der Waals surface area contributed by atoms with E-state index in [9.17, 15) is 15.0 Å². The highest BCUT2D eigenvalue weighted by molar-refractivity contribution is 5.91. The van der Waals surface area contributed by atoms with Gasteiger partial charge in [-0.05, 0) is 74.2 Å². The van der Waals surface area contributed by atoms with Crippen LogP contribution in [0.15, 0.2) is 11.6 Å². The van der Waals surface area contributed by atoms with Crippen LogP contribution in [0.2, 0.25) is 0 Å². The summed E-state index contributed by atoms with van der Waals surface area (Å²) < 4.78 is 0. The van der Waals surface area contributed by atoms with Gasteiger partial charge < -0.3 is 10.2 Å². The molecule has 0 radical (unpaired) electrons. The molecule has 1 unspecified atom stereocenters. The van der Waals surface area contributed by atoms with Gasteiger partial charge in [0.2, 0.25) is 0 Å². The standard InChI is InChI=1S/C19H28O3/c1-18-8-7-16-14(15(18)4-5-17(18)22)3-2-12-10-13(21)6-9-19(12,16)11-20/h10,14-17,20,22H,2-9,11H2,1H3/t14-,15-,16+,17?,18-,19+/m0/s1. The van der Waals surface area contributed by atoms with Crippen LogP contribution in [0.3, 0.4) is 0 Å². The zero-order valence-corrected chi connectivity index (χ0v) is 13.6. The predicted octanol–water partition coefficient (Wildman–Crippen LogP) is 2.85. The van der Waals surface area contributed by atoms with Crippen LogP contribution in [0.4, 0.5) is 0 Å². The van der Waals surface area contributed by atoms with E-state index in [1.54, 1.807) is 0 Å². The third-order valence-electron chi connectivity index (χ3n) is 7.92. The lowest BCUT2D eigenvalue weighted by Gasteiger charge is -2.58. The van der Waals surface area contributed by atoms with Crippen molar-refractivity contribution in [3.05, 3.63) is 11.6 Å². The maximum absolute atomic E-state index is 11.8. The fourth-order valence-corrected chi connectivity index (χ4v) is 6.63. The van der Waals surface area contributed by atoms with Crippen molar-refractivity contribution in [2.45, 2.75) is 64.4 Å². The minimum absolute atomic E-state index is 0.0868. The number of aliphatic hydroxyl groups is 2. The molecule has 3 saturated carbocycles. The summed E-state index contributed by atoms with van der Waals surface area (Å²) in [6.07, 6.45) is 9.49. The van der Waals surface area contributed by atoms with Gasteiger partial charge >= 0.3 is 0 Å². The normalized spacial score (nSPS) is 50.9. The number of hydrogen-bond donors (Lipinski definition) is 2.